The molecular formula is C18H23N3O2S. The van der Waals surface area contributed by atoms with Crippen LogP contribution in [0.2, 0.25) is 0 Å². The van der Waals surface area contributed by atoms with E-state index in [1.807, 2.05) is 18.2 Å². The maximum Gasteiger partial charge on any atom is 0.257 e. The third-order valence-electron chi connectivity index (χ3n) is 5.17. The molecule has 24 heavy (non-hydrogen) atoms. The fraction of sp³-hybridized carbons (Fsp3) is 0.556. The highest BCUT2D eigenvalue weighted by Gasteiger charge is 2.39. The summed E-state index contributed by atoms with van der Waals surface area (Å²) in [5.74, 6) is 2.59. The molecular weight excluding hydrogens is 322 g/mol. The normalized spacial score (nSPS) is 25.2. The predicted octanol–water partition coefficient (Wildman–Crippen LogP) is 3.42. The molecule has 2 heterocycles. The number of thioether (sulfide) groups is 1. The summed E-state index contributed by atoms with van der Waals surface area (Å²) in [4.78, 5) is 20.5. The molecule has 1 amide bonds. The van der Waals surface area contributed by atoms with Gasteiger partial charge in [-0.15, -0.1) is 0 Å². The zero-order chi connectivity index (χ0) is 16.6. The lowest BCUT2D eigenvalue weighted by molar-refractivity contribution is -0.131. The fourth-order valence-electron chi connectivity index (χ4n) is 3.66. The van der Waals surface area contributed by atoms with E-state index in [9.17, 15) is 9.90 Å². The first-order valence-corrected chi connectivity index (χ1v) is 9.91. The summed E-state index contributed by atoms with van der Waals surface area (Å²) in [5, 5.41) is 13.2. The number of carbonyl (C=O) groups excluding carboxylic acids is 1. The van der Waals surface area contributed by atoms with E-state index in [1.54, 1.807) is 11.8 Å². The summed E-state index contributed by atoms with van der Waals surface area (Å²) in [5.41, 5.74) is 1.35. The zero-order valence-electron chi connectivity index (χ0n) is 13.7. The molecule has 1 unspecified atom stereocenters. The molecule has 1 atom stereocenters. The molecule has 1 aliphatic carbocycles. The number of nitrogens with one attached hydrogen (secondary N) is 2. The number of benzene rings is 1. The summed E-state index contributed by atoms with van der Waals surface area (Å²) in [6.45, 7) is 0. The van der Waals surface area contributed by atoms with Crippen molar-refractivity contribution in [1.82, 2.24) is 9.97 Å². The van der Waals surface area contributed by atoms with Gasteiger partial charge in [-0.1, -0.05) is 19.3 Å². The number of aromatic amines is 1. The van der Waals surface area contributed by atoms with Crippen LogP contribution in [0.25, 0.3) is 11.0 Å². The van der Waals surface area contributed by atoms with E-state index in [2.05, 4.69) is 10.3 Å². The van der Waals surface area contributed by atoms with Crippen molar-refractivity contribution in [1.29, 1.82) is 0 Å². The molecule has 6 heteroatoms. The van der Waals surface area contributed by atoms with Crippen molar-refractivity contribution < 1.29 is 9.90 Å². The van der Waals surface area contributed by atoms with Gasteiger partial charge < -0.3 is 15.4 Å². The number of carbonyl (C=O) groups is 1. The molecule has 2 aliphatic rings. The summed E-state index contributed by atoms with van der Waals surface area (Å²) in [6.07, 6.45) is 6.80. The van der Waals surface area contributed by atoms with Crippen molar-refractivity contribution in [3.63, 3.8) is 0 Å². The van der Waals surface area contributed by atoms with Crippen LogP contribution >= 0.6 is 11.8 Å². The lowest BCUT2D eigenvalue weighted by Crippen LogP contribution is -2.42. The smallest absolute Gasteiger partial charge is 0.257 e. The molecule has 5 nitrogen and oxygen atoms in total. The topological polar surface area (TPSA) is 78.0 Å². The van der Waals surface area contributed by atoms with Crippen molar-refractivity contribution in [3.8, 4) is 0 Å². The molecule has 0 radical (unpaired) electrons. The van der Waals surface area contributed by atoms with Crippen molar-refractivity contribution in [2.75, 3.05) is 16.8 Å². The Balaban J connectivity index is 1.53. The average Bonchev–Trinajstić information content (AvgIpc) is 3.22. The number of fused-ring (bicyclic) bond motifs is 1. The van der Waals surface area contributed by atoms with Gasteiger partial charge in [-0.25, -0.2) is 4.98 Å². The quantitative estimate of drug-likeness (QED) is 0.796. The molecule has 1 saturated carbocycles. The van der Waals surface area contributed by atoms with Crippen LogP contribution in [0.1, 0.15) is 50.3 Å². The third kappa shape index (κ3) is 3.05. The van der Waals surface area contributed by atoms with Crippen LogP contribution in [0.5, 0.6) is 0 Å². The number of H-pyrrole nitrogens is 1. The van der Waals surface area contributed by atoms with Crippen molar-refractivity contribution in [2.45, 2.75) is 50.0 Å². The van der Waals surface area contributed by atoms with Crippen molar-refractivity contribution in [2.24, 2.45) is 0 Å². The molecule has 1 aromatic carbocycles. The molecule has 1 aromatic heterocycles. The van der Waals surface area contributed by atoms with Gasteiger partial charge in [0.15, 0.2) is 5.60 Å². The molecule has 128 valence electrons. The number of anilines is 1. The highest BCUT2D eigenvalue weighted by molar-refractivity contribution is 7.99. The molecule has 4 rings (SSSR count). The van der Waals surface area contributed by atoms with Gasteiger partial charge in [0.1, 0.15) is 5.82 Å². The standard InChI is InChI=1S/C18H23N3O2S/c22-17(18(23)8-9-24-11-18)19-13-6-7-14-15(10-13)21-16(20-14)12-4-2-1-3-5-12/h6-7,10,12,23H,1-5,8-9,11H2,(H,19,22)(H,20,21). The second-order valence-electron chi connectivity index (χ2n) is 6.98. The summed E-state index contributed by atoms with van der Waals surface area (Å²) >= 11 is 1.61. The highest BCUT2D eigenvalue weighted by atomic mass is 32.2. The summed E-state index contributed by atoms with van der Waals surface area (Å²) < 4.78 is 0. The Labute approximate surface area is 145 Å². The Kier molecular flexibility index (Phi) is 4.26. The highest BCUT2D eigenvalue weighted by Crippen LogP contribution is 2.33. The number of hydrogen-bond donors (Lipinski definition) is 3. The first-order chi connectivity index (χ1) is 11.6. The van der Waals surface area contributed by atoms with Crippen LogP contribution in [0.4, 0.5) is 5.69 Å². The van der Waals surface area contributed by atoms with Crippen molar-refractivity contribution >= 4 is 34.4 Å². The van der Waals surface area contributed by atoms with Gasteiger partial charge in [-0.05, 0) is 43.2 Å². The number of nitrogens with zero attached hydrogens (tertiary/aromatic N) is 1. The van der Waals surface area contributed by atoms with Gasteiger partial charge in [0.2, 0.25) is 0 Å². The SMILES string of the molecule is O=C(Nc1ccc2nc(C3CCCCC3)[nH]c2c1)C1(O)CCSC1. The number of hydrogen-bond acceptors (Lipinski definition) is 4. The summed E-state index contributed by atoms with van der Waals surface area (Å²) in [6, 6.07) is 5.70. The maximum atomic E-state index is 12.3. The van der Waals surface area contributed by atoms with E-state index in [0.717, 1.165) is 22.6 Å². The van der Waals surface area contributed by atoms with Gasteiger partial charge in [-0.2, -0.15) is 11.8 Å². The lowest BCUT2D eigenvalue weighted by atomic mass is 9.89. The van der Waals surface area contributed by atoms with Crippen LogP contribution in [0, 0.1) is 0 Å². The van der Waals surface area contributed by atoms with Crippen LogP contribution in [0.3, 0.4) is 0 Å². The Hall–Kier alpha value is -1.53. The largest absolute Gasteiger partial charge is 0.379 e. The van der Waals surface area contributed by atoms with E-state index in [0.29, 0.717) is 23.8 Å². The van der Waals surface area contributed by atoms with E-state index >= 15 is 0 Å². The Morgan fingerprint density at radius 3 is 2.92 bits per heavy atom. The first kappa shape index (κ1) is 16.0. The van der Waals surface area contributed by atoms with E-state index in [4.69, 9.17) is 4.98 Å². The van der Waals surface area contributed by atoms with Gasteiger partial charge >= 0.3 is 0 Å². The second kappa shape index (κ2) is 6.41. The molecule has 1 saturated heterocycles. The van der Waals surface area contributed by atoms with Crippen LogP contribution in [-0.2, 0) is 4.79 Å². The van der Waals surface area contributed by atoms with Crippen LogP contribution < -0.4 is 5.32 Å². The Bertz CT molecular complexity index is 746. The first-order valence-electron chi connectivity index (χ1n) is 8.75. The number of rotatable bonds is 3. The molecule has 0 bridgehead atoms. The minimum absolute atomic E-state index is 0.307. The lowest BCUT2D eigenvalue weighted by Gasteiger charge is -2.20. The maximum absolute atomic E-state index is 12.3. The van der Waals surface area contributed by atoms with Crippen LogP contribution in [-0.4, -0.2) is 38.1 Å². The molecule has 2 aromatic rings. The zero-order valence-corrected chi connectivity index (χ0v) is 14.5. The van der Waals surface area contributed by atoms with Crippen molar-refractivity contribution in [3.05, 3.63) is 24.0 Å². The van der Waals surface area contributed by atoms with Gasteiger partial charge in [-0.3, -0.25) is 4.79 Å². The molecule has 0 spiro atoms. The van der Waals surface area contributed by atoms with Gasteiger partial charge in [0.25, 0.3) is 5.91 Å². The number of aromatic nitrogens is 2. The molecule has 2 fully saturated rings. The number of amides is 1. The monoisotopic (exact) mass is 345 g/mol. The van der Waals surface area contributed by atoms with Gasteiger partial charge in [0, 0.05) is 17.4 Å². The molecule has 1 aliphatic heterocycles. The minimum Gasteiger partial charge on any atom is -0.379 e. The average molecular weight is 345 g/mol. The third-order valence-corrected chi connectivity index (χ3v) is 6.35. The molecule has 3 N–H and O–H groups in total. The number of aliphatic hydroxyl groups is 1. The van der Waals surface area contributed by atoms with E-state index in [1.165, 1.54) is 32.1 Å². The minimum atomic E-state index is -1.24. The summed E-state index contributed by atoms with van der Waals surface area (Å²) in [7, 11) is 0. The Morgan fingerprint density at radius 1 is 1.33 bits per heavy atom. The van der Waals surface area contributed by atoms with E-state index < -0.39 is 5.60 Å². The Morgan fingerprint density at radius 2 is 2.17 bits per heavy atom. The van der Waals surface area contributed by atoms with Crippen LogP contribution in [0.15, 0.2) is 18.2 Å². The second-order valence-corrected chi connectivity index (χ2v) is 8.08. The van der Waals surface area contributed by atoms with Gasteiger partial charge in [0.05, 0.1) is 11.0 Å². The van der Waals surface area contributed by atoms with E-state index in [-0.39, 0.29) is 5.91 Å². The number of imidazole rings is 1. The fourth-order valence-corrected chi connectivity index (χ4v) is 4.90. The predicted molar refractivity (Wildman–Crippen MR) is 97.4 cm³/mol.